The van der Waals surface area contributed by atoms with E-state index in [-0.39, 0.29) is 5.54 Å². The molecule has 0 spiro atoms. The minimum Gasteiger partial charge on any atom is -0.319 e. The number of hydrogen-bond donors (Lipinski definition) is 1. The van der Waals surface area contributed by atoms with Crippen LogP contribution in [0.15, 0.2) is 18.6 Å². The molecule has 1 fully saturated rings. The first kappa shape index (κ1) is 8.79. The van der Waals surface area contributed by atoms with Crippen LogP contribution in [0.3, 0.4) is 0 Å². The summed E-state index contributed by atoms with van der Waals surface area (Å²) in [5.41, 5.74) is 6.72. The normalized spacial score (nSPS) is 20.4. The molecular weight excluding hydrogens is 190 g/mol. The topological polar surface area (TPSA) is 69.1 Å². The zero-order valence-corrected chi connectivity index (χ0v) is 8.59. The summed E-state index contributed by atoms with van der Waals surface area (Å²) in [6.07, 6.45) is 5.79. The van der Waals surface area contributed by atoms with Gasteiger partial charge in [-0.05, 0) is 25.7 Å². The molecule has 1 aliphatic carbocycles. The summed E-state index contributed by atoms with van der Waals surface area (Å²) in [7, 11) is 0. The predicted molar refractivity (Wildman–Crippen MR) is 55.0 cm³/mol. The molecule has 0 aromatic carbocycles. The van der Waals surface area contributed by atoms with Crippen molar-refractivity contribution < 1.29 is 0 Å². The summed E-state index contributed by atoms with van der Waals surface area (Å²) in [6, 6.07) is 1.83. The van der Waals surface area contributed by atoms with E-state index in [9.17, 15) is 0 Å². The third-order valence-corrected chi connectivity index (χ3v) is 3.12. The molecule has 0 radical (unpaired) electrons. The maximum Gasteiger partial charge on any atom is 0.163 e. The first-order valence-corrected chi connectivity index (χ1v) is 5.13. The zero-order chi connectivity index (χ0) is 10.5. The lowest BCUT2D eigenvalue weighted by Gasteiger charge is -2.21. The monoisotopic (exact) mass is 203 g/mol. The van der Waals surface area contributed by atoms with Crippen LogP contribution in [0.1, 0.15) is 25.6 Å². The summed E-state index contributed by atoms with van der Waals surface area (Å²) in [4.78, 5) is 4.07. The smallest absolute Gasteiger partial charge is 0.163 e. The van der Waals surface area contributed by atoms with Crippen molar-refractivity contribution in [3.05, 3.63) is 24.4 Å². The van der Waals surface area contributed by atoms with Crippen molar-refractivity contribution in [2.75, 3.05) is 0 Å². The minimum atomic E-state index is -0.386. The molecule has 5 heteroatoms. The number of rotatable bonds is 2. The molecule has 0 bridgehead atoms. The zero-order valence-electron chi connectivity index (χ0n) is 8.59. The van der Waals surface area contributed by atoms with Gasteiger partial charge in [-0.2, -0.15) is 0 Å². The van der Waals surface area contributed by atoms with E-state index in [0.717, 1.165) is 11.5 Å². The molecule has 15 heavy (non-hydrogen) atoms. The van der Waals surface area contributed by atoms with Gasteiger partial charge in [-0.1, -0.05) is 0 Å². The van der Waals surface area contributed by atoms with Crippen molar-refractivity contribution in [2.24, 2.45) is 11.7 Å². The van der Waals surface area contributed by atoms with Gasteiger partial charge in [0.15, 0.2) is 11.5 Å². The summed E-state index contributed by atoms with van der Waals surface area (Å²) in [6.45, 7) is 2.02. The molecule has 2 aromatic heterocycles. The van der Waals surface area contributed by atoms with E-state index in [2.05, 4.69) is 15.2 Å². The molecule has 1 saturated carbocycles. The van der Waals surface area contributed by atoms with Gasteiger partial charge in [0.05, 0.1) is 5.54 Å². The average molecular weight is 203 g/mol. The second-order valence-electron chi connectivity index (χ2n) is 4.39. The van der Waals surface area contributed by atoms with E-state index in [1.165, 1.54) is 12.8 Å². The number of nitrogens with zero attached hydrogens (tertiary/aromatic N) is 4. The Hall–Kier alpha value is -1.49. The van der Waals surface area contributed by atoms with E-state index in [4.69, 9.17) is 5.73 Å². The Labute approximate surface area is 87.3 Å². The fourth-order valence-electron chi connectivity index (χ4n) is 1.98. The quantitative estimate of drug-likeness (QED) is 0.780. The van der Waals surface area contributed by atoms with E-state index < -0.39 is 0 Å². The molecule has 2 heterocycles. The van der Waals surface area contributed by atoms with Crippen molar-refractivity contribution in [3.63, 3.8) is 0 Å². The van der Waals surface area contributed by atoms with E-state index in [0.29, 0.717) is 5.92 Å². The van der Waals surface area contributed by atoms with Crippen molar-refractivity contribution in [2.45, 2.75) is 25.3 Å². The summed E-state index contributed by atoms with van der Waals surface area (Å²) in [5.74, 6) is 1.35. The van der Waals surface area contributed by atoms with Gasteiger partial charge in [-0.15, -0.1) is 10.2 Å². The lowest BCUT2D eigenvalue weighted by atomic mass is 9.96. The molecule has 2 aromatic rings. The first-order valence-electron chi connectivity index (χ1n) is 5.13. The van der Waals surface area contributed by atoms with Gasteiger partial charge in [0, 0.05) is 12.3 Å². The van der Waals surface area contributed by atoms with Gasteiger partial charge in [-0.3, -0.25) is 4.40 Å². The molecule has 0 aliphatic heterocycles. The highest BCUT2D eigenvalue weighted by Gasteiger charge is 2.42. The van der Waals surface area contributed by atoms with Crippen LogP contribution in [0.2, 0.25) is 0 Å². The van der Waals surface area contributed by atoms with Crippen LogP contribution < -0.4 is 5.73 Å². The van der Waals surface area contributed by atoms with Gasteiger partial charge >= 0.3 is 0 Å². The molecular formula is C10H13N5. The number of fused-ring (bicyclic) bond motifs is 1. The number of hydrogen-bond acceptors (Lipinski definition) is 4. The molecule has 5 nitrogen and oxygen atoms in total. The molecule has 2 N–H and O–H groups in total. The Bertz CT molecular complexity index is 497. The van der Waals surface area contributed by atoms with Crippen LogP contribution in [0, 0.1) is 5.92 Å². The highest BCUT2D eigenvalue weighted by atomic mass is 15.3. The van der Waals surface area contributed by atoms with Crippen LogP contribution in [-0.2, 0) is 5.54 Å². The summed E-state index contributed by atoms with van der Waals surface area (Å²) >= 11 is 0. The van der Waals surface area contributed by atoms with Gasteiger partial charge in [0.2, 0.25) is 0 Å². The van der Waals surface area contributed by atoms with Gasteiger partial charge in [0.25, 0.3) is 0 Å². The predicted octanol–water partition coefficient (Wildman–Crippen LogP) is 0.708. The van der Waals surface area contributed by atoms with Gasteiger partial charge in [0.1, 0.15) is 6.33 Å². The third kappa shape index (κ3) is 1.23. The molecule has 1 unspecified atom stereocenters. The Morgan fingerprint density at radius 3 is 3.00 bits per heavy atom. The standard InChI is InChI=1S/C10H13N5/c1-10(11,7-2-3-7)9-14-13-8-4-5-12-6-15(8)9/h4-7H,2-3,11H2,1H3. The highest BCUT2D eigenvalue weighted by molar-refractivity contribution is 5.36. The lowest BCUT2D eigenvalue weighted by Crippen LogP contribution is -2.37. The Morgan fingerprint density at radius 1 is 1.47 bits per heavy atom. The fourth-order valence-corrected chi connectivity index (χ4v) is 1.98. The maximum atomic E-state index is 6.30. The maximum absolute atomic E-state index is 6.30. The Kier molecular flexibility index (Phi) is 1.62. The number of aromatic nitrogens is 4. The lowest BCUT2D eigenvalue weighted by molar-refractivity contribution is 0.396. The van der Waals surface area contributed by atoms with E-state index in [1.54, 1.807) is 12.5 Å². The van der Waals surface area contributed by atoms with Crippen LogP contribution >= 0.6 is 0 Å². The third-order valence-electron chi connectivity index (χ3n) is 3.12. The summed E-state index contributed by atoms with van der Waals surface area (Å²) < 4.78 is 1.87. The van der Waals surface area contributed by atoms with Gasteiger partial charge in [-0.25, -0.2) is 4.98 Å². The highest BCUT2D eigenvalue weighted by Crippen LogP contribution is 2.42. The molecule has 1 atom stereocenters. The van der Waals surface area contributed by atoms with Crippen molar-refractivity contribution in [1.82, 2.24) is 19.6 Å². The van der Waals surface area contributed by atoms with Crippen LogP contribution in [0.25, 0.3) is 5.65 Å². The SMILES string of the molecule is CC(N)(c1nnc2ccncn12)C1CC1. The molecule has 78 valence electrons. The van der Waals surface area contributed by atoms with E-state index in [1.807, 2.05) is 17.4 Å². The average Bonchev–Trinajstić information content (AvgIpc) is 2.98. The fraction of sp³-hybridized carbons (Fsp3) is 0.500. The van der Waals surface area contributed by atoms with Crippen LogP contribution in [-0.4, -0.2) is 19.6 Å². The molecule has 0 saturated heterocycles. The molecule has 0 amide bonds. The van der Waals surface area contributed by atoms with Crippen LogP contribution in [0.5, 0.6) is 0 Å². The van der Waals surface area contributed by atoms with Gasteiger partial charge < -0.3 is 5.73 Å². The second kappa shape index (κ2) is 2.76. The van der Waals surface area contributed by atoms with Crippen molar-refractivity contribution >= 4 is 5.65 Å². The molecule has 3 rings (SSSR count). The van der Waals surface area contributed by atoms with Crippen molar-refractivity contribution in [1.29, 1.82) is 0 Å². The molecule has 1 aliphatic rings. The Morgan fingerprint density at radius 2 is 2.27 bits per heavy atom. The minimum absolute atomic E-state index is 0.386. The largest absolute Gasteiger partial charge is 0.319 e. The van der Waals surface area contributed by atoms with Crippen molar-refractivity contribution in [3.8, 4) is 0 Å². The van der Waals surface area contributed by atoms with E-state index >= 15 is 0 Å². The Balaban J connectivity index is 2.18. The first-order chi connectivity index (χ1) is 7.19. The summed E-state index contributed by atoms with van der Waals surface area (Å²) in [5, 5.41) is 8.26. The number of nitrogens with two attached hydrogens (primary N) is 1. The van der Waals surface area contributed by atoms with Crippen LogP contribution in [0.4, 0.5) is 0 Å². The second-order valence-corrected chi connectivity index (χ2v) is 4.39.